The van der Waals surface area contributed by atoms with E-state index in [1.807, 2.05) is 42.6 Å². The number of hydrogen-bond acceptors (Lipinski definition) is 2. The minimum absolute atomic E-state index is 0.523. The molecule has 3 rings (SSSR count). The van der Waals surface area contributed by atoms with E-state index in [9.17, 15) is 5.11 Å². The van der Waals surface area contributed by atoms with Crippen LogP contribution in [-0.2, 0) is 0 Å². The van der Waals surface area contributed by atoms with Crippen LogP contribution in [0.3, 0.4) is 0 Å². The van der Waals surface area contributed by atoms with Crippen molar-refractivity contribution < 1.29 is 5.11 Å². The Balaban J connectivity index is 2.07. The molecule has 0 spiro atoms. The van der Waals surface area contributed by atoms with Crippen LogP contribution >= 0.6 is 0 Å². The summed E-state index contributed by atoms with van der Waals surface area (Å²) in [5.41, 5.74) is 3.46. The Kier molecular flexibility index (Phi) is 3.24. The highest BCUT2D eigenvalue weighted by Gasteiger charge is 2.05. The van der Waals surface area contributed by atoms with Crippen LogP contribution in [-0.4, -0.2) is 15.1 Å². The maximum atomic E-state index is 9.76. The first-order valence-electron chi connectivity index (χ1n) is 6.47. The molecule has 3 nitrogen and oxygen atoms in total. The normalized spacial score (nSPS) is 11.9. The summed E-state index contributed by atoms with van der Waals surface area (Å²) in [6, 6.07) is 11.5. The number of aromatic amines is 1. The Bertz CT molecular complexity index is 806. The Morgan fingerprint density at radius 3 is 2.75 bits per heavy atom. The highest BCUT2D eigenvalue weighted by atomic mass is 16.3. The van der Waals surface area contributed by atoms with Crippen molar-refractivity contribution >= 4 is 11.0 Å². The second-order valence-electron chi connectivity index (χ2n) is 4.61. The number of benzene rings is 1. The molecule has 2 aromatic heterocycles. The van der Waals surface area contributed by atoms with E-state index in [2.05, 4.69) is 21.8 Å². The third-order valence-electron chi connectivity index (χ3n) is 3.20. The molecule has 98 valence electrons. The van der Waals surface area contributed by atoms with Gasteiger partial charge in [0.2, 0.25) is 0 Å². The van der Waals surface area contributed by atoms with E-state index in [-0.39, 0.29) is 0 Å². The molecule has 3 heteroatoms. The molecule has 0 amide bonds. The summed E-state index contributed by atoms with van der Waals surface area (Å²) in [7, 11) is 0. The third-order valence-corrected chi connectivity index (χ3v) is 3.20. The lowest BCUT2D eigenvalue weighted by molar-refractivity contribution is 0.199. The lowest BCUT2D eigenvalue weighted by Gasteiger charge is -2.06. The smallest absolute Gasteiger partial charge is 0.138 e. The number of nitrogens with zero attached hydrogens (tertiary/aromatic N) is 1. The number of aromatic nitrogens is 2. The summed E-state index contributed by atoms with van der Waals surface area (Å²) in [4.78, 5) is 7.31. The lowest BCUT2D eigenvalue weighted by atomic mass is 10.0. The zero-order valence-electron chi connectivity index (χ0n) is 11.1. The van der Waals surface area contributed by atoms with Crippen molar-refractivity contribution in [2.75, 3.05) is 0 Å². The van der Waals surface area contributed by atoms with Gasteiger partial charge in [-0.05, 0) is 30.7 Å². The van der Waals surface area contributed by atoms with Crippen LogP contribution < -0.4 is 0 Å². The summed E-state index contributed by atoms with van der Waals surface area (Å²) in [6.45, 7) is 1.75. The maximum Gasteiger partial charge on any atom is 0.138 e. The van der Waals surface area contributed by atoms with Crippen molar-refractivity contribution in [1.82, 2.24) is 9.97 Å². The molecule has 0 aliphatic rings. The van der Waals surface area contributed by atoms with E-state index in [0.717, 1.165) is 27.7 Å². The minimum Gasteiger partial charge on any atom is -0.389 e. The summed E-state index contributed by atoms with van der Waals surface area (Å²) in [6.07, 6.45) is 3.07. The second kappa shape index (κ2) is 5.20. The highest BCUT2D eigenvalue weighted by Crippen LogP contribution is 2.17. The van der Waals surface area contributed by atoms with Crippen LogP contribution in [0.2, 0.25) is 0 Å². The second-order valence-corrected chi connectivity index (χ2v) is 4.61. The average Bonchev–Trinajstić information content (AvgIpc) is 2.94. The molecule has 0 aliphatic carbocycles. The maximum absolute atomic E-state index is 9.76. The van der Waals surface area contributed by atoms with Crippen molar-refractivity contribution in [3.05, 3.63) is 65.5 Å². The molecule has 0 saturated carbocycles. The van der Waals surface area contributed by atoms with E-state index in [0.29, 0.717) is 0 Å². The molecule has 2 heterocycles. The zero-order valence-corrected chi connectivity index (χ0v) is 11.1. The molecule has 2 N–H and O–H groups in total. The van der Waals surface area contributed by atoms with Crippen LogP contribution in [0, 0.1) is 11.8 Å². The first-order chi connectivity index (χ1) is 9.75. The summed E-state index contributed by atoms with van der Waals surface area (Å²) in [5.74, 6) is 6.31. The van der Waals surface area contributed by atoms with Gasteiger partial charge in [0.25, 0.3) is 0 Å². The molecule has 0 bridgehead atoms. The van der Waals surface area contributed by atoms with E-state index in [1.54, 1.807) is 13.1 Å². The first kappa shape index (κ1) is 12.5. The number of aliphatic hydroxyl groups is 1. The third kappa shape index (κ3) is 2.29. The Morgan fingerprint density at radius 1 is 1.10 bits per heavy atom. The van der Waals surface area contributed by atoms with Gasteiger partial charge in [0, 0.05) is 28.9 Å². The predicted molar refractivity (Wildman–Crippen MR) is 79.1 cm³/mol. The number of nitrogens with one attached hydrogen (secondary N) is 1. The fourth-order valence-corrected chi connectivity index (χ4v) is 2.18. The number of hydrogen-bond donors (Lipinski definition) is 2. The van der Waals surface area contributed by atoms with Crippen molar-refractivity contribution in [2.45, 2.75) is 13.0 Å². The Labute approximate surface area is 117 Å². The number of H-pyrrole nitrogens is 1. The number of aliphatic hydroxyl groups excluding tert-OH is 1. The van der Waals surface area contributed by atoms with Crippen molar-refractivity contribution in [3.63, 3.8) is 0 Å². The molecule has 0 fully saturated rings. The largest absolute Gasteiger partial charge is 0.389 e. The van der Waals surface area contributed by atoms with Gasteiger partial charge in [0.15, 0.2) is 0 Å². The standard InChI is InChI=1S/C17H14N2O/c1-12(20)15-5-3-2-4-13(15)6-7-14-8-10-18-17-16(14)9-11-19-17/h2-5,8-12,20H,1H3,(H,18,19). The van der Waals surface area contributed by atoms with E-state index >= 15 is 0 Å². The highest BCUT2D eigenvalue weighted by molar-refractivity contribution is 5.82. The molecule has 1 unspecified atom stereocenters. The van der Waals surface area contributed by atoms with Gasteiger partial charge in [0.1, 0.15) is 5.65 Å². The van der Waals surface area contributed by atoms with Gasteiger partial charge in [-0.2, -0.15) is 0 Å². The molecule has 1 atom stereocenters. The molecule has 20 heavy (non-hydrogen) atoms. The number of fused-ring (bicyclic) bond motifs is 1. The average molecular weight is 262 g/mol. The topological polar surface area (TPSA) is 48.9 Å². The quantitative estimate of drug-likeness (QED) is 0.662. The van der Waals surface area contributed by atoms with Crippen LogP contribution in [0.1, 0.15) is 29.7 Å². The van der Waals surface area contributed by atoms with Gasteiger partial charge >= 0.3 is 0 Å². The first-order valence-corrected chi connectivity index (χ1v) is 6.47. The molecule has 0 aliphatic heterocycles. The predicted octanol–water partition coefficient (Wildman–Crippen LogP) is 3.02. The summed E-state index contributed by atoms with van der Waals surface area (Å²) in [5, 5.41) is 10.8. The van der Waals surface area contributed by atoms with Crippen LogP contribution in [0.25, 0.3) is 11.0 Å². The number of pyridine rings is 1. The van der Waals surface area contributed by atoms with Gasteiger partial charge < -0.3 is 10.1 Å². The Morgan fingerprint density at radius 2 is 1.90 bits per heavy atom. The van der Waals surface area contributed by atoms with Gasteiger partial charge in [-0.25, -0.2) is 4.98 Å². The fourth-order valence-electron chi connectivity index (χ4n) is 2.18. The van der Waals surface area contributed by atoms with Gasteiger partial charge in [-0.15, -0.1) is 0 Å². The lowest BCUT2D eigenvalue weighted by Crippen LogP contribution is -1.94. The molecular weight excluding hydrogens is 248 g/mol. The number of rotatable bonds is 1. The zero-order chi connectivity index (χ0) is 13.9. The van der Waals surface area contributed by atoms with Crippen molar-refractivity contribution in [1.29, 1.82) is 0 Å². The minimum atomic E-state index is -0.523. The van der Waals surface area contributed by atoms with Gasteiger partial charge in [-0.1, -0.05) is 30.0 Å². The van der Waals surface area contributed by atoms with Crippen LogP contribution in [0.4, 0.5) is 0 Å². The fraction of sp³-hybridized carbons (Fsp3) is 0.118. The van der Waals surface area contributed by atoms with Gasteiger partial charge in [0.05, 0.1) is 6.10 Å². The van der Waals surface area contributed by atoms with E-state index < -0.39 is 6.10 Å². The monoisotopic (exact) mass is 262 g/mol. The SMILES string of the molecule is CC(O)c1ccccc1C#Cc1ccnc2[nH]ccc12. The summed E-state index contributed by atoms with van der Waals surface area (Å²) >= 11 is 0. The molecule has 0 radical (unpaired) electrons. The Hall–Kier alpha value is -2.57. The van der Waals surface area contributed by atoms with E-state index in [4.69, 9.17) is 0 Å². The molecule has 1 aromatic carbocycles. The van der Waals surface area contributed by atoms with Gasteiger partial charge in [-0.3, -0.25) is 0 Å². The molecule has 3 aromatic rings. The molecule has 0 saturated heterocycles. The summed E-state index contributed by atoms with van der Waals surface area (Å²) < 4.78 is 0. The molecular formula is C17H14N2O. The van der Waals surface area contributed by atoms with Crippen molar-refractivity contribution in [3.8, 4) is 11.8 Å². The van der Waals surface area contributed by atoms with Crippen molar-refractivity contribution in [2.24, 2.45) is 0 Å². The van der Waals surface area contributed by atoms with Crippen LogP contribution in [0.15, 0.2) is 48.8 Å². The van der Waals surface area contributed by atoms with Crippen LogP contribution in [0.5, 0.6) is 0 Å². The van der Waals surface area contributed by atoms with E-state index in [1.165, 1.54) is 0 Å².